The van der Waals surface area contributed by atoms with Gasteiger partial charge >= 0.3 is 4.87 Å². The molecule has 20 heavy (non-hydrogen) atoms. The Morgan fingerprint density at radius 2 is 1.65 bits per heavy atom. The van der Waals surface area contributed by atoms with Gasteiger partial charge in [0.25, 0.3) is 5.19 Å². The first-order valence-corrected chi connectivity index (χ1v) is 9.97. The Hall–Kier alpha value is -1.06. The molecule has 4 nitrogen and oxygen atoms in total. The van der Waals surface area contributed by atoms with E-state index in [1.54, 1.807) is 0 Å². The second kappa shape index (κ2) is 6.59. The van der Waals surface area contributed by atoms with Crippen molar-refractivity contribution in [2.24, 2.45) is 0 Å². The zero-order chi connectivity index (χ0) is 15.5. The van der Waals surface area contributed by atoms with Crippen molar-refractivity contribution >= 4 is 19.4 Å². The zero-order valence-electron chi connectivity index (χ0n) is 13.4. The highest BCUT2D eigenvalue weighted by atomic mass is 32.1. The minimum atomic E-state index is -1.83. The highest BCUT2D eigenvalue weighted by Gasteiger charge is 2.41. The largest absolute Gasteiger partial charge is 0.472 e. The molecule has 0 radical (unpaired) electrons. The monoisotopic (exact) mass is 312 g/mol. The SMILES string of the molecule is COc1nn(C#C[Si](C(C)C)(C(C)C)C(C)C)c(=O)s1. The van der Waals surface area contributed by atoms with E-state index in [9.17, 15) is 4.79 Å². The molecule has 112 valence electrons. The van der Waals surface area contributed by atoms with Gasteiger partial charge in [-0.1, -0.05) is 41.5 Å². The molecule has 0 fully saturated rings. The third-order valence-corrected chi connectivity index (χ3v) is 11.0. The standard InChI is InChI=1S/C14H24N2O2SSi/c1-10(2)20(11(3)4,12(5)6)9-8-16-14(17)19-13(15-16)18-7/h10-12H,1-7H3. The maximum absolute atomic E-state index is 11.8. The minimum Gasteiger partial charge on any atom is -0.472 e. The van der Waals surface area contributed by atoms with Crippen molar-refractivity contribution in [2.75, 3.05) is 7.11 Å². The Labute approximate surface area is 126 Å². The van der Waals surface area contributed by atoms with E-state index >= 15 is 0 Å². The van der Waals surface area contributed by atoms with Gasteiger partial charge in [-0.25, -0.2) is 0 Å². The van der Waals surface area contributed by atoms with Crippen LogP contribution in [0.2, 0.25) is 16.6 Å². The van der Waals surface area contributed by atoms with E-state index in [-0.39, 0.29) is 4.87 Å². The molecule has 0 N–H and O–H groups in total. The summed E-state index contributed by atoms with van der Waals surface area (Å²) in [7, 11) is -0.326. The molecule has 0 aliphatic heterocycles. The van der Waals surface area contributed by atoms with Crippen molar-refractivity contribution in [3.8, 4) is 16.8 Å². The van der Waals surface area contributed by atoms with Crippen LogP contribution in [0.15, 0.2) is 4.79 Å². The summed E-state index contributed by atoms with van der Waals surface area (Å²) in [4.78, 5) is 11.6. The highest BCUT2D eigenvalue weighted by Crippen LogP contribution is 2.40. The van der Waals surface area contributed by atoms with Crippen LogP contribution < -0.4 is 9.61 Å². The average Bonchev–Trinajstić information content (AvgIpc) is 2.69. The summed E-state index contributed by atoms with van der Waals surface area (Å²) < 4.78 is 6.20. The minimum absolute atomic E-state index is 0.187. The highest BCUT2D eigenvalue weighted by molar-refractivity contribution is 7.10. The lowest BCUT2D eigenvalue weighted by atomic mass is 10.5. The van der Waals surface area contributed by atoms with Crippen LogP contribution in [0.1, 0.15) is 41.5 Å². The first kappa shape index (κ1) is 17.0. The molecule has 0 aromatic carbocycles. The molecule has 0 spiro atoms. The number of methoxy groups -OCH3 is 1. The fraction of sp³-hybridized carbons (Fsp3) is 0.714. The molecule has 0 amide bonds. The molecule has 0 aliphatic carbocycles. The third-order valence-electron chi connectivity index (χ3n) is 3.95. The van der Waals surface area contributed by atoms with Crippen molar-refractivity contribution in [2.45, 2.75) is 58.2 Å². The summed E-state index contributed by atoms with van der Waals surface area (Å²) in [5.41, 5.74) is 5.07. The third kappa shape index (κ3) is 3.15. The van der Waals surface area contributed by atoms with Crippen LogP contribution in [0, 0.1) is 11.6 Å². The van der Waals surface area contributed by atoms with Crippen LogP contribution in [-0.2, 0) is 0 Å². The Kier molecular flexibility index (Phi) is 5.60. The molecule has 0 atom stereocenters. The van der Waals surface area contributed by atoms with Crippen LogP contribution in [0.25, 0.3) is 0 Å². The first-order valence-electron chi connectivity index (χ1n) is 6.93. The number of aromatic nitrogens is 2. The fourth-order valence-corrected chi connectivity index (χ4v) is 8.69. The van der Waals surface area contributed by atoms with Crippen molar-refractivity contribution in [1.82, 2.24) is 9.78 Å². The molecule has 1 aromatic rings. The Bertz CT molecular complexity index is 542. The number of nitrogens with zero attached hydrogens (tertiary/aromatic N) is 2. The van der Waals surface area contributed by atoms with E-state index in [0.29, 0.717) is 21.8 Å². The van der Waals surface area contributed by atoms with Crippen molar-refractivity contribution in [3.63, 3.8) is 0 Å². The second-order valence-electron chi connectivity index (χ2n) is 5.88. The van der Waals surface area contributed by atoms with Crippen LogP contribution >= 0.6 is 11.3 Å². The van der Waals surface area contributed by atoms with Gasteiger partial charge < -0.3 is 4.74 Å². The van der Waals surface area contributed by atoms with Gasteiger partial charge in [0, 0.05) is 6.04 Å². The lowest BCUT2D eigenvalue weighted by molar-refractivity contribution is 0.404. The van der Waals surface area contributed by atoms with Gasteiger partial charge in [0.15, 0.2) is 0 Å². The summed E-state index contributed by atoms with van der Waals surface area (Å²) in [6.07, 6.45) is 0. The van der Waals surface area contributed by atoms with E-state index in [4.69, 9.17) is 4.74 Å². The number of hydrogen-bond donors (Lipinski definition) is 0. The van der Waals surface area contributed by atoms with Crippen molar-refractivity contribution in [3.05, 3.63) is 9.67 Å². The molecule has 0 saturated carbocycles. The quantitative estimate of drug-likeness (QED) is 0.632. The van der Waals surface area contributed by atoms with E-state index in [2.05, 4.69) is 58.2 Å². The molecule has 0 unspecified atom stereocenters. The molecule has 6 heteroatoms. The van der Waals surface area contributed by atoms with Crippen LogP contribution in [-0.4, -0.2) is 25.0 Å². The molecular formula is C14H24N2O2SSi. The topological polar surface area (TPSA) is 44.1 Å². The van der Waals surface area contributed by atoms with Gasteiger partial charge in [0.05, 0.1) is 7.11 Å². The van der Waals surface area contributed by atoms with Gasteiger partial charge in [0.1, 0.15) is 8.07 Å². The molecule has 0 saturated heterocycles. The number of hydrogen-bond acceptors (Lipinski definition) is 4. The molecule has 1 rings (SSSR count). The van der Waals surface area contributed by atoms with E-state index < -0.39 is 8.07 Å². The van der Waals surface area contributed by atoms with Gasteiger partial charge in [-0.15, -0.1) is 15.3 Å². The predicted octanol–water partition coefficient (Wildman–Crippen LogP) is 3.34. The maximum Gasteiger partial charge on any atom is 0.340 e. The number of rotatable bonds is 4. The predicted molar refractivity (Wildman–Crippen MR) is 87.1 cm³/mol. The number of ether oxygens (including phenoxy) is 1. The summed E-state index contributed by atoms with van der Waals surface area (Å²) in [5.74, 6) is 0. The Balaban J connectivity index is 3.30. The molecule has 1 heterocycles. The van der Waals surface area contributed by atoms with Gasteiger partial charge in [0.2, 0.25) is 0 Å². The summed E-state index contributed by atoms with van der Waals surface area (Å²) in [6.45, 7) is 13.4. The second-order valence-corrected chi connectivity index (χ2v) is 12.4. The zero-order valence-corrected chi connectivity index (χ0v) is 15.2. The summed E-state index contributed by atoms with van der Waals surface area (Å²) in [5, 5.41) is 4.42. The Morgan fingerprint density at radius 1 is 1.15 bits per heavy atom. The molecule has 0 aliphatic rings. The van der Waals surface area contributed by atoms with Crippen LogP contribution in [0.3, 0.4) is 0 Å². The van der Waals surface area contributed by atoms with Gasteiger partial charge in [-0.3, -0.25) is 4.79 Å². The summed E-state index contributed by atoms with van der Waals surface area (Å²) in [6, 6.07) is 2.99. The van der Waals surface area contributed by atoms with Crippen LogP contribution in [0.4, 0.5) is 0 Å². The fourth-order valence-electron chi connectivity index (χ4n) is 3.00. The lowest BCUT2D eigenvalue weighted by Crippen LogP contribution is -2.43. The smallest absolute Gasteiger partial charge is 0.340 e. The molecule has 1 aromatic heterocycles. The van der Waals surface area contributed by atoms with E-state index in [0.717, 1.165) is 11.3 Å². The van der Waals surface area contributed by atoms with Gasteiger partial charge in [-0.2, -0.15) is 0 Å². The Morgan fingerprint density at radius 3 is 2.00 bits per heavy atom. The molecule has 0 bridgehead atoms. The van der Waals surface area contributed by atoms with E-state index in [1.807, 2.05) is 0 Å². The lowest BCUT2D eigenvalue weighted by Gasteiger charge is -2.37. The summed E-state index contributed by atoms with van der Waals surface area (Å²) >= 11 is 0.977. The maximum atomic E-state index is 11.8. The first-order chi connectivity index (χ1) is 9.25. The van der Waals surface area contributed by atoms with Gasteiger partial charge in [-0.05, 0) is 28.0 Å². The van der Waals surface area contributed by atoms with Crippen LogP contribution in [0.5, 0.6) is 5.19 Å². The molecular weight excluding hydrogens is 288 g/mol. The van der Waals surface area contributed by atoms with E-state index in [1.165, 1.54) is 11.8 Å². The average molecular weight is 313 g/mol. The normalized spacial score (nSPS) is 11.9. The van der Waals surface area contributed by atoms with Crippen molar-refractivity contribution in [1.29, 1.82) is 0 Å². The van der Waals surface area contributed by atoms with Crippen molar-refractivity contribution < 1.29 is 4.74 Å².